The first-order valence-electron chi connectivity index (χ1n) is 8.76. The Morgan fingerprint density at radius 2 is 1.33 bits per heavy atom. The minimum Gasteiger partial charge on any atom is -0.494 e. The summed E-state index contributed by atoms with van der Waals surface area (Å²) < 4.78 is 19.6. The maximum Gasteiger partial charge on any atom is 0.248 e. The van der Waals surface area contributed by atoms with Crippen LogP contribution in [-0.2, 0) is 4.57 Å². The van der Waals surface area contributed by atoms with Crippen LogP contribution in [-0.4, -0.2) is 18.2 Å². The number of ether oxygens (including phenoxy) is 1. The van der Waals surface area contributed by atoms with Crippen molar-refractivity contribution in [2.24, 2.45) is 0 Å². The molecule has 0 radical (unpaired) electrons. The fourth-order valence-electron chi connectivity index (χ4n) is 3.11. The molecule has 0 saturated heterocycles. The van der Waals surface area contributed by atoms with E-state index in [0.717, 1.165) is 0 Å². The van der Waals surface area contributed by atoms with Gasteiger partial charge in [-0.3, -0.25) is 9.59 Å². The van der Waals surface area contributed by atoms with Crippen molar-refractivity contribution in [3.8, 4) is 5.75 Å². The van der Waals surface area contributed by atoms with Crippen LogP contribution in [0.2, 0.25) is 15.1 Å². The number of hydrogen-bond acceptors (Lipinski definition) is 4. The van der Waals surface area contributed by atoms with Gasteiger partial charge < -0.3 is 9.30 Å². The second-order valence-corrected chi connectivity index (χ2v) is 10.2. The topological polar surface area (TPSA) is 60.4 Å². The molecule has 3 aromatic carbocycles. The van der Waals surface area contributed by atoms with Gasteiger partial charge in [0.1, 0.15) is 5.75 Å². The molecule has 0 amide bonds. The zero-order valence-corrected chi connectivity index (χ0v) is 19.1. The van der Waals surface area contributed by atoms with E-state index in [1.807, 2.05) is 0 Å². The van der Waals surface area contributed by atoms with Crippen LogP contribution < -0.4 is 10.0 Å². The van der Waals surface area contributed by atoms with Gasteiger partial charge in [-0.15, -0.1) is 0 Å². The van der Waals surface area contributed by atoms with E-state index in [1.54, 1.807) is 37.3 Å². The molecule has 1 unspecified atom stereocenters. The van der Waals surface area contributed by atoms with Gasteiger partial charge in [-0.2, -0.15) is 0 Å². The molecule has 0 saturated carbocycles. The molecule has 3 aromatic rings. The highest BCUT2D eigenvalue weighted by Gasteiger charge is 2.45. The number of carbonyl (C=O) groups excluding carboxylic acids is 2. The molecule has 0 aliphatic carbocycles. The van der Waals surface area contributed by atoms with Crippen LogP contribution in [0.4, 0.5) is 0 Å². The minimum absolute atomic E-state index is 0.0248. The van der Waals surface area contributed by atoms with E-state index in [1.165, 1.54) is 37.4 Å². The van der Waals surface area contributed by atoms with Crippen LogP contribution in [0.3, 0.4) is 0 Å². The third kappa shape index (κ3) is 3.81. The summed E-state index contributed by atoms with van der Waals surface area (Å²) in [4.78, 5) is 27.3. The maximum absolute atomic E-state index is 14.3. The lowest BCUT2D eigenvalue weighted by Crippen LogP contribution is -2.22. The molecule has 0 aromatic heterocycles. The average Bonchev–Trinajstić information content (AvgIpc) is 2.74. The van der Waals surface area contributed by atoms with Gasteiger partial charge in [0.15, 0.2) is 0 Å². The van der Waals surface area contributed by atoms with Crippen LogP contribution in [0, 0.1) is 6.92 Å². The van der Waals surface area contributed by atoms with Crippen molar-refractivity contribution in [2.45, 2.75) is 6.92 Å². The minimum atomic E-state index is -4.42. The smallest absolute Gasteiger partial charge is 0.248 e. The predicted molar refractivity (Wildman–Crippen MR) is 122 cm³/mol. The lowest BCUT2D eigenvalue weighted by molar-refractivity contribution is 0.103. The number of aryl methyl sites for hydroxylation is 1. The highest BCUT2D eigenvalue weighted by Crippen LogP contribution is 2.54. The fraction of sp³-hybridized carbons (Fsp3) is 0.0909. The molecular formula is C22H16Cl3O4P. The van der Waals surface area contributed by atoms with E-state index in [0.29, 0.717) is 5.56 Å². The molecular weight excluding hydrogens is 466 g/mol. The molecule has 3 rings (SSSR count). The Labute approximate surface area is 189 Å². The van der Waals surface area contributed by atoms with Crippen LogP contribution in [0.25, 0.3) is 0 Å². The molecule has 0 aliphatic heterocycles. The first-order valence-corrected chi connectivity index (χ1v) is 11.6. The highest BCUT2D eigenvalue weighted by molar-refractivity contribution is 8.01. The van der Waals surface area contributed by atoms with Gasteiger partial charge in [0, 0.05) is 10.9 Å². The van der Waals surface area contributed by atoms with Gasteiger partial charge in [0.05, 0.1) is 27.7 Å². The second-order valence-electron chi connectivity index (χ2n) is 6.42. The first kappa shape index (κ1) is 22.6. The number of hydrogen-bond donors (Lipinski definition) is 0. The Balaban J connectivity index is 2.34. The molecule has 154 valence electrons. The summed E-state index contributed by atoms with van der Waals surface area (Å²) in [5, 5.41) is 0.248. The summed E-state index contributed by atoms with van der Waals surface area (Å²) in [6.07, 6.45) is 0. The summed E-state index contributed by atoms with van der Waals surface area (Å²) in [5.41, 5.74) is -1.53. The second kappa shape index (κ2) is 8.95. The van der Waals surface area contributed by atoms with E-state index in [4.69, 9.17) is 39.5 Å². The number of benzene rings is 3. The molecule has 30 heavy (non-hydrogen) atoms. The van der Waals surface area contributed by atoms with Crippen LogP contribution >= 0.6 is 41.9 Å². The van der Waals surface area contributed by atoms with Gasteiger partial charge in [-0.1, -0.05) is 77.3 Å². The molecule has 0 bridgehead atoms. The summed E-state index contributed by atoms with van der Waals surface area (Å²) in [5.74, 6) is -0.0472. The first-order chi connectivity index (χ1) is 14.2. The number of halogens is 3. The summed E-state index contributed by atoms with van der Waals surface area (Å²) in [6.45, 7) is 1.66. The van der Waals surface area contributed by atoms with Crippen LogP contribution in [0.1, 0.15) is 26.3 Å². The van der Waals surface area contributed by atoms with E-state index >= 15 is 0 Å². The van der Waals surface area contributed by atoms with Crippen molar-refractivity contribution < 1.29 is 18.9 Å². The van der Waals surface area contributed by atoms with Crippen LogP contribution in [0.5, 0.6) is 5.75 Å². The van der Waals surface area contributed by atoms with Gasteiger partial charge in [0.25, 0.3) is 0 Å². The number of carbonyl (C=O) groups is 2. The Bertz CT molecular complexity index is 1170. The summed E-state index contributed by atoms with van der Waals surface area (Å²) >= 11 is 18.7. The molecule has 1 atom stereocenters. The fourth-order valence-corrected chi connectivity index (χ4v) is 6.42. The molecule has 0 heterocycles. The maximum atomic E-state index is 14.3. The van der Waals surface area contributed by atoms with Gasteiger partial charge in [-0.05, 0) is 30.7 Å². The zero-order valence-electron chi connectivity index (χ0n) is 16.0. The predicted octanol–water partition coefficient (Wildman–Crippen LogP) is 6.63. The molecule has 8 heteroatoms. The molecule has 4 nitrogen and oxygen atoms in total. The Kier molecular flexibility index (Phi) is 6.74. The standard InChI is InChI=1S/C22H16Cl3O4P/c1-13-7-6-10-15(23)18(13)21(26)30(28,14-8-4-3-5-9-14)22(27)19-16(24)11-12-17(25)20(19)29-2/h3-12H,1-2H3. The van der Waals surface area contributed by atoms with E-state index in [-0.39, 0.29) is 37.2 Å². The SMILES string of the molecule is COc1c(Cl)ccc(Cl)c1C(=O)P(=O)(C(=O)c1c(C)cccc1Cl)c1ccccc1. The van der Waals surface area contributed by atoms with Gasteiger partial charge in [0.2, 0.25) is 18.2 Å². The van der Waals surface area contributed by atoms with E-state index in [2.05, 4.69) is 0 Å². The lowest BCUT2D eigenvalue weighted by atomic mass is 10.1. The van der Waals surface area contributed by atoms with Crippen molar-refractivity contribution in [3.63, 3.8) is 0 Å². The Morgan fingerprint density at radius 1 is 0.767 bits per heavy atom. The monoisotopic (exact) mass is 480 g/mol. The third-order valence-corrected chi connectivity index (χ3v) is 8.15. The highest BCUT2D eigenvalue weighted by atomic mass is 35.5. The zero-order chi connectivity index (χ0) is 22.1. The normalized spacial score (nSPS) is 12.8. The molecule has 0 fully saturated rings. The molecule has 0 spiro atoms. The van der Waals surface area contributed by atoms with Crippen molar-refractivity contribution in [2.75, 3.05) is 7.11 Å². The van der Waals surface area contributed by atoms with Gasteiger partial charge in [-0.25, -0.2) is 0 Å². The van der Waals surface area contributed by atoms with E-state index < -0.39 is 18.2 Å². The van der Waals surface area contributed by atoms with Crippen molar-refractivity contribution >= 4 is 58.3 Å². The largest absolute Gasteiger partial charge is 0.494 e. The number of rotatable bonds is 6. The van der Waals surface area contributed by atoms with Crippen molar-refractivity contribution in [1.29, 1.82) is 0 Å². The summed E-state index contributed by atoms with van der Waals surface area (Å²) in [7, 11) is -3.12. The van der Waals surface area contributed by atoms with Crippen molar-refractivity contribution in [1.82, 2.24) is 0 Å². The molecule has 0 aliphatic rings. The Morgan fingerprint density at radius 3 is 1.93 bits per heavy atom. The van der Waals surface area contributed by atoms with Crippen LogP contribution in [0.15, 0.2) is 60.7 Å². The van der Waals surface area contributed by atoms with E-state index in [9.17, 15) is 14.2 Å². The average molecular weight is 482 g/mol. The molecule has 0 N–H and O–H groups in total. The van der Waals surface area contributed by atoms with Gasteiger partial charge >= 0.3 is 0 Å². The number of methoxy groups -OCH3 is 1. The summed E-state index contributed by atoms with van der Waals surface area (Å²) in [6, 6.07) is 15.5. The quantitative estimate of drug-likeness (QED) is 0.371. The van der Waals surface area contributed by atoms with Crippen molar-refractivity contribution in [3.05, 3.63) is 92.4 Å². The Hall–Kier alpha value is -2.10. The lowest BCUT2D eigenvalue weighted by Gasteiger charge is -2.20. The third-order valence-electron chi connectivity index (χ3n) is 4.60.